The zero-order valence-electron chi connectivity index (χ0n) is 13.7. The van der Waals surface area contributed by atoms with Gasteiger partial charge in [0.25, 0.3) is 0 Å². The molecule has 0 aliphatic rings. The summed E-state index contributed by atoms with van der Waals surface area (Å²) < 4.78 is 9.99. The van der Waals surface area contributed by atoms with Gasteiger partial charge >= 0.3 is 12.1 Å². The van der Waals surface area contributed by atoms with Crippen LogP contribution in [0.4, 0.5) is 4.79 Å². The number of amides is 2. The highest BCUT2D eigenvalue weighted by atomic mass is 16.6. The number of rotatable bonds is 8. The van der Waals surface area contributed by atoms with Crippen molar-refractivity contribution in [2.45, 2.75) is 52.2 Å². The van der Waals surface area contributed by atoms with E-state index in [9.17, 15) is 14.4 Å². The summed E-state index contributed by atoms with van der Waals surface area (Å²) in [7, 11) is 0. The van der Waals surface area contributed by atoms with Crippen LogP contribution in [0.3, 0.4) is 0 Å². The average molecular weight is 314 g/mol. The van der Waals surface area contributed by atoms with Crippen LogP contribution in [0.1, 0.15) is 40.5 Å². The second kappa shape index (κ2) is 9.81. The van der Waals surface area contributed by atoms with Gasteiger partial charge in [0.1, 0.15) is 11.6 Å². The number of hydrogen-bond donors (Lipinski definition) is 2. The third-order valence-electron chi connectivity index (χ3n) is 2.37. The summed E-state index contributed by atoms with van der Waals surface area (Å²) in [5.74, 6) is -0.829. The third kappa shape index (κ3) is 9.79. The van der Waals surface area contributed by atoms with E-state index in [2.05, 4.69) is 17.2 Å². The molecule has 0 spiro atoms. The van der Waals surface area contributed by atoms with Crippen molar-refractivity contribution in [3.8, 4) is 0 Å². The first-order valence-corrected chi connectivity index (χ1v) is 7.23. The van der Waals surface area contributed by atoms with Gasteiger partial charge in [-0.1, -0.05) is 6.08 Å². The Morgan fingerprint density at radius 2 is 1.91 bits per heavy atom. The summed E-state index contributed by atoms with van der Waals surface area (Å²) in [6.45, 7) is 10.8. The Bertz CT molecular complexity index is 401. The smallest absolute Gasteiger partial charge is 0.408 e. The molecule has 0 aliphatic heterocycles. The van der Waals surface area contributed by atoms with E-state index in [1.165, 1.54) is 0 Å². The van der Waals surface area contributed by atoms with Gasteiger partial charge in [0.15, 0.2) is 0 Å². The van der Waals surface area contributed by atoms with Gasteiger partial charge < -0.3 is 20.1 Å². The van der Waals surface area contributed by atoms with Gasteiger partial charge in [-0.25, -0.2) is 9.59 Å². The minimum Gasteiger partial charge on any atom is -0.464 e. The molecule has 0 aliphatic carbocycles. The van der Waals surface area contributed by atoms with Gasteiger partial charge in [0, 0.05) is 13.0 Å². The van der Waals surface area contributed by atoms with Crippen LogP contribution in [0.5, 0.6) is 0 Å². The van der Waals surface area contributed by atoms with E-state index >= 15 is 0 Å². The first-order valence-electron chi connectivity index (χ1n) is 7.23. The lowest BCUT2D eigenvalue weighted by Gasteiger charge is -2.22. The number of carbonyl (C=O) groups excluding carboxylic acids is 3. The van der Waals surface area contributed by atoms with Gasteiger partial charge in [0.2, 0.25) is 5.91 Å². The Hall–Kier alpha value is -2.05. The van der Waals surface area contributed by atoms with E-state index in [-0.39, 0.29) is 25.4 Å². The van der Waals surface area contributed by atoms with Crippen molar-refractivity contribution >= 4 is 18.0 Å². The molecule has 0 aromatic carbocycles. The summed E-state index contributed by atoms with van der Waals surface area (Å²) in [6.07, 6.45) is 1.03. The monoisotopic (exact) mass is 314 g/mol. The minimum absolute atomic E-state index is 0.0765. The molecule has 22 heavy (non-hydrogen) atoms. The van der Waals surface area contributed by atoms with Crippen LogP contribution in [0.25, 0.3) is 0 Å². The fraction of sp³-hybridized carbons (Fsp3) is 0.667. The van der Waals surface area contributed by atoms with E-state index in [4.69, 9.17) is 9.47 Å². The molecule has 2 N–H and O–H groups in total. The second-order valence-electron chi connectivity index (χ2n) is 5.58. The molecule has 0 aromatic rings. The number of carbonyl (C=O) groups is 3. The zero-order valence-corrected chi connectivity index (χ0v) is 13.7. The summed E-state index contributed by atoms with van der Waals surface area (Å²) in [6, 6.07) is -0.927. The van der Waals surface area contributed by atoms with Crippen molar-refractivity contribution in [1.29, 1.82) is 0 Å². The Balaban J connectivity index is 4.56. The van der Waals surface area contributed by atoms with Gasteiger partial charge in [-0.05, 0) is 34.1 Å². The quantitative estimate of drug-likeness (QED) is 0.523. The standard InChI is InChI=1S/C15H26N2O5/c1-6-10-16-12(18)9-8-11(13(19)21-7-2)17-14(20)22-15(3,4)5/h6,11H,1,7-10H2,2-5H3,(H,16,18)(H,17,20)/t11-/m0/s1. The maximum absolute atomic E-state index is 11.8. The lowest BCUT2D eigenvalue weighted by atomic mass is 10.1. The molecular formula is C15H26N2O5. The molecule has 0 rings (SSSR count). The van der Waals surface area contributed by atoms with Crippen molar-refractivity contribution in [2.24, 2.45) is 0 Å². The zero-order chi connectivity index (χ0) is 17.2. The number of alkyl carbamates (subject to hydrolysis) is 1. The van der Waals surface area contributed by atoms with E-state index in [0.29, 0.717) is 6.54 Å². The summed E-state index contributed by atoms with van der Waals surface area (Å²) in [5, 5.41) is 5.03. The van der Waals surface area contributed by atoms with Crippen LogP contribution < -0.4 is 10.6 Å². The molecular weight excluding hydrogens is 288 g/mol. The first kappa shape index (κ1) is 19.9. The number of esters is 1. The van der Waals surface area contributed by atoms with Gasteiger partial charge in [-0.2, -0.15) is 0 Å². The molecule has 0 saturated heterocycles. The van der Waals surface area contributed by atoms with E-state index < -0.39 is 23.7 Å². The molecule has 7 heteroatoms. The third-order valence-corrected chi connectivity index (χ3v) is 2.37. The lowest BCUT2D eigenvalue weighted by molar-refractivity contribution is -0.145. The SMILES string of the molecule is C=CCNC(=O)CC[C@H](NC(=O)OC(C)(C)C)C(=O)OCC. The normalized spacial score (nSPS) is 12.0. The minimum atomic E-state index is -0.927. The maximum atomic E-state index is 11.8. The number of hydrogen-bond acceptors (Lipinski definition) is 5. The van der Waals surface area contributed by atoms with Crippen molar-refractivity contribution in [3.05, 3.63) is 12.7 Å². The predicted molar refractivity (Wildman–Crippen MR) is 82.2 cm³/mol. The topological polar surface area (TPSA) is 93.7 Å². The van der Waals surface area contributed by atoms with Crippen molar-refractivity contribution < 1.29 is 23.9 Å². The summed E-state index contributed by atoms with van der Waals surface area (Å²) >= 11 is 0. The number of ether oxygens (including phenoxy) is 2. The van der Waals surface area contributed by atoms with E-state index in [0.717, 1.165) is 0 Å². The molecule has 0 fully saturated rings. The second-order valence-corrected chi connectivity index (χ2v) is 5.58. The van der Waals surface area contributed by atoms with E-state index in [1.807, 2.05) is 0 Å². The molecule has 0 heterocycles. The van der Waals surface area contributed by atoms with Crippen LogP contribution in [0.15, 0.2) is 12.7 Å². The lowest BCUT2D eigenvalue weighted by Crippen LogP contribution is -2.44. The average Bonchev–Trinajstić information content (AvgIpc) is 2.39. The first-order chi connectivity index (χ1) is 10.2. The van der Waals surface area contributed by atoms with Gasteiger partial charge in [-0.15, -0.1) is 6.58 Å². The van der Waals surface area contributed by atoms with Crippen LogP contribution in [0.2, 0.25) is 0 Å². The van der Waals surface area contributed by atoms with E-state index in [1.54, 1.807) is 33.8 Å². The molecule has 0 aromatic heterocycles. The van der Waals surface area contributed by atoms with Crippen LogP contribution >= 0.6 is 0 Å². The fourth-order valence-corrected chi connectivity index (χ4v) is 1.49. The molecule has 126 valence electrons. The Morgan fingerprint density at radius 3 is 2.41 bits per heavy atom. The van der Waals surface area contributed by atoms with Crippen LogP contribution in [0, 0.1) is 0 Å². The van der Waals surface area contributed by atoms with Gasteiger partial charge in [0.05, 0.1) is 6.61 Å². The summed E-state index contributed by atoms with van der Waals surface area (Å²) in [4.78, 5) is 35.1. The largest absolute Gasteiger partial charge is 0.464 e. The maximum Gasteiger partial charge on any atom is 0.408 e. The molecule has 7 nitrogen and oxygen atoms in total. The molecule has 1 atom stereocenters. The van der Waals surface area contributed by atoms with Crippen molar-refractivity contribution in [1.82, 2.24) is 10.6 Å². The molecule has 2 amide bonds. The van der Waals surface area contributed by atoms with Crippen molar-refractivity contribution in [2.75, 3.05) is 13.2 Å². The van der Waals surface area contributed by atoms with Crippen LogP contribution in [-0.4, -0.2) is 42.8 Å². The predicted octanol–water partition coefficient (Wildman–Crippen LogP) is 1.53. The fourth-order valence-electron chi connectivity index (χ4n) is 1.49. The highest BCUT2D eigenvalue weighted by molar-refractivity contribution is 5.83. The summed E-state index contributed by atoms with van der Waals surface area (Å²) in [5.41, 5.74) is -0.676. The molecule has 0 unspecified atom stereocenters. The molecule has 0 bridgehead atoms. The van der Waals surface area contributed by atoms with Crippen LogP contribution in [-0.2, 0) is 19.1 Å². The highest BCUT2D eigenvalue weighted by Gasteiger charge is 2.25. The number of nitrogens with one attached hydrogen (secondary N) is 2. The molecule has 0 saturated carbocycles. The van der Waals surface area contributed by atoms with Crippen molar-refractivity contribution in [3.63, 3.8) is 0 Å². The highest BCUT2D eigenvalue weighted by Crippen LogP contribution is 2.08. The Labute approximate surface area is 131 Å². The van der Waals surface area contributed by atoms with Gasteiger partial charge in [-0.3, -0.25) is 4.79 Å². The Morgan fingerprint density at radius 1 is 1.27 bits per heavy atom. The molecule has 0 radical (unpaired) electrons. The Kier molecular flexibility index (Phi) is 8.89.